The quantitative estimate of drug-likeness (QED) is 0.455. The number of nitrogens with zero attached hydrogens (tertiary/aromatic N) is 4. The number of aromatic carboxylic acids is 1. The zero-order valence-corrected chi connectivity index (χ0v) is 21.3. The van der Waals surface area contributed by atoms with Gasteiger partial charge in [0.25, 0.3) is 5.56 Å². The van der Waals surface area contributed by atoms with Crippen LogP contribution in [0.3, 0.4) is 0 Å². The number of alkyl halides is 6. The van der Waals surface area contributed by atoms with E-state index in [1.54, 1.807) is 0 Å². The van der Waals surface area contributed by atoms with Gasteiger partial charge in [-0.3, -0.25) is 23.1 Å². The van der Waals surface area contributed by atoms with Crippen molar-refractivity contribution in [3.8, 4) is 5.69 Å². The highest BCUT2D eigenvalue weighted by Crippen LogP contribution is 2.48. The first-order valence-electron chi connectivity index (χ1n) is 12.4. The Labute approximate surface area is 225 Å². The van der Waals surface area contributed by atoms with Gasteiger partial charge in [-0.2, -0.15) is 26.3 Å². The monoisotopic (exact) mass is 584 g/mol. The van der Waals surface area contributed by atoms with E-state index in [4.69, 9.17) is 0 Å². The predicted octanol–water partition coefficient (Wildman–Crippen LogP) is 4.07. The van der Waals surface area contributed by atoms with E-state index in [1.807, 2.05) is 0 Å². The molecule has 3 aromatic rings. The van der Waals surface area contributed by atoms with Gasteiger partial charge >= 0.3 is 29.7 Å². The Morgan fingerprint density at radius 2 is 1.76 bits per heavy atom. The van der Waals surface area contributed by atoms with Crippen LogP contribution in [0.5, 0.6) is 0 Å². The molecular weight excluding hydrogens is 562 g/mol. The average molecular weight is 584 g/mol. The van der Waals surface area contributed by atoms with Crippen molar-refractivity contribution < 1.29 is 36.2 Å². The molecule has 2 aliphatic rings. The van der Waals surface area contributed by atoms with Crippen LogP contribution in [0.15, 0.2) is 62.1 Å². The highest BCUT2D eigenvalue weighted by molar-refractivity contribution is 5.87. The number of carboxylic acids is 1. The lowest BCUT2D eigenvalue weighted by Gasteiger charge is -2.25. The number of carbonyl (C=O) groups is 1. The minimum atomic E-state index is -4.56. The number of hydrogen-bond donors (Lipinski definition) is 1. The Hall–Kier alpha value is -4.30. The van der Waals surface area contributed by atoms with Crippen molar-refractivity contribution in [2.24, 2.45) is 13.0 Å². The first-order chi connectivity index (χ1) is 19.1. The van der Waals surface area contributed by atoms with E-state index in [2.05, 4.69) is 0 Å². The third-order valence-electron chi connectivity index (χ3n) is 7.59. The molecule has 0 spiro atoms. The summed E-state index contributed by atoms with van der Waals surface area (Å²) in [4.78, 5) is 51.5. The Morgan fingerprint density at radius 3 is 2.39 bits per heavy atom. The number of carboxylic acid groups (broad SMARTS) is 1. The van der Waals surface area contributed by atoms with Crippen LogP contribution < -0.4 is 16.9 Å². The molecular formula is C26H22F6N4O5. The second kappa shape index (κ2) is 9.66. The first-order valence-corrected chi connectivity index (χ1v) is 12.4. The zero-order valence-electron chi connectivity index (χ0n) is 21.3. The minimum absolute atomic E-state index is 0.0230. The number of aryl methyl sites for hydroxylation is 2. The van der Waals surface area contributed by atoms with Crippen molar-refractivity contribution in [1.82, 2.24) is 18.3 Å². The second-order valence-electron chi connectivity index (χ2n) is 9.97. The SMILES string of the molecule is Cn1c(=O)n(CCC(F)(F)F)c2cc(-n3cc(C(=O)O)c(=O)n([C@@H]4CCC5=C4C=CCC5C(F)(F)F)c3=O)ccc21. The van der Waals surface area contributed by atoms with Gasteiger partial charge in [-0.05, 0) is 43.0 Å². The van der Waals surface area contributed by atoms with E-state index in [1.165, 1.54) is 37.4 Å². The fourth-order valence-electron chi connectivity index (χ4n) is 5.65. The van der Waals surface area contributed by atoms with Crippen molar-refractivity contribution >= 4 is 17.0 Å². The van der Waals surface area contributed by atoms with Crippen LogP contribution in [0, 0.1) is 5.92 Å². The molecule has 0 radical (unpaired) electrons. The van der Waals surface area contributed by atoms with Gasteiger partial charge < -0.3 is 5.11 Å². The third kappa shape index (κ3) is 4.82. The number of aromatic nitrogens is 4. The molecule has 2 atom stereocenters. The Kier molecular flexibility index (Phi) is 6.65. The predicted molar refractivity (Wildman–Crippen MR) is 133 cm³/mol. The molecule has 0 saturated heterocycles. The number of benzene rings is 1. The normalized spacial score (nSPS) is 19.3. The lowest BCUT2D eigenvalue weighted by atomic mass is 9.87. The molecule has 41 heavy (non-hydrogen) atoms. The number of rotatable bonds is 5. The van der Waals surface area contributed by atoms with Crippen LogP contribution in [-0.2, 0) is 13.6 Å². The van der Waals surface area contributed by atoms with Crippen LogP contribution in [0.4, 0.5) is 26.3 Å². The molecule has 0 bridgehead atoms. The molecule has 15 heteroatoms. The molecule has 0 fully saturated rings. The molecule has 2 heterocycles. The smallest absolute Gasteiger partial charge is 0.395 e. The first kappa shape index (κ1) is 28.2. The summed E-state index contributed by atoms with van der Waals surface area (Å²) in [6.07, 6.45) is -7.36. The van der Waals surface area contributed by atoms with Crippen molar-refractivity contribution in [1.29, 1.82) is 0 Å². The maximum Gasteiger partial charge on any atom is 0.395 e. The summed E-state index contributed by atoms with van der Waals surface area (Å²) in [6, 6.07) is 2.72. The maximum absolute atomic E-state index is 13.7. The molecule has 1 aromatic carbocycles. The van der Waals surface area contributed by atoms with Gasteiger partial charge in [0.15, 0.2) is 0 Å². The van der Waals surface area contributed by atoms with Crippen molar-refractivity contribution in [3.05, 3.63) is 84.6 Å². The number of halogens is 6. The van der Waals surface area contributed by atoms with E-state index in [-0.39, 0.29) is 47.1 Å². The van der Waals surface area contributed by atoms with Gasteiger partial charge in [-0.25, -0.2) is 14.4 Å². The lowest BCUT2D eigenvalue weighted by molar-refractivity contribution is -0.163. The molecule has 2 aromatic heterocycles. The largest absolute Gasteiger partial charge is 0.477 e. The summed E-state index contributed by atoms with van der Waals surface area (Å²) in [7, 11) is 1.35. The van der Waals surface area contributed by atoms with Gasteiger partial charge in [0.1, 0.15) is 5.56 Å². The second-order valence-corrected chi connectivity index (χ2v) is 9.97. The molecule has 2 aliphatic carbocycles. The number of imidazole rings is 1. The lowest BCUT2D eigenvalue weighted by Crippen LogP contribution is -2.44. The van der Waals surface area contributed by atoms with E-state index < -0.39 is 65.7 Å². The fraction of sp³-hybridized carbons (Fsp3) is 0.385. The standard InChI is InChI=1S/C26H22F6N4O5/c1-33-19-7-5-13(11-20(19)34(23(33)40)10-9-25(27,28)29)35-12-16(22(38)39)21(37)36(24(35)41)18-8-6-14-15(18)3-2-4-17(14)26(30,31)32/h2-3,5,7,11-12,17-18H,4,6,8-10H2,1H3,(H,38,39)/t17?,18-/m1/s1. The summed E-state index contributed by atoms with van der Waals surface area (Å²) in [5.41, 5.74) is -3.51. The molecule has 0 amide bonds. The van der Waals surface area contributed by atoms with Crippen LogP contribution in [0.2, 0.25) is 0 Å². The van der Waals surface area contributed by atoms with E-state index >= 15 is 0 Å². The topological polar surface area (TPSA) is 108 Å². The summed E-state index contributed by atoms with van der Waals surface area (Å²) in [5.74, 6) is -3.48. The van der Waals surface area contributed by atoms with Gasteiger partial charge in [-0.1, -0.05) is 17.7 Å². The van der Waals surface area contributed by atoms with E-state index in [9.17, 15) is 50.6 Å². The van der Waals surface area contributed by atoms with Gasteiger partial charge in [0, 0.05) is 19.8 Å². The molecule has 218 valence electrons. The van der Waals surface area contributed by atoms with Gasteiger partial charge in [0.05, 0.1) is 35.1 Å². The van der Waals surface area contributed by atoms with E-state index in [0.29, 0.717) is 4.57 Å². The summed E-state index contributed by atoms with van der Waals surface area (Å²) >= 11 is 0. The third-order valence-corrected chi connectivity index (χ3v) is 7.59. The highest BCUT2D eigenvalue weighted by Gasteiger charge is 2.46. The van der Waals surface area contributed by atoms with Crippen molar-refractivity contribution in [2.45, 2.75) is 50.6 Å². The average Bonchev–Trinajstić information content (AvgIpc) is 3.40. The van der Waals surface area contributed by atoms with Crippen LogP contribution in [0.25, 0.3) is 16.7 Å². The summed E-state index contributed by atoms with van der Waals surface area (Å²) in [5, 5.41) is 9.72. The Morgan fingerprint density at radius 1 is 1.05 bits per heavy atom. The molecule has 9 nitrogen and oxygen atoms in total. The van der Waals surface area contributed by atoms with Crippen LogP contribution in [-0.4, -0.2) is 41.7 Å². The molecule has 5 rings (SSSR count). The molecule has 0 saturated carbocycles. The fourth-order valence-corrected chi connectivity index (χ4v) is 5.65. The Bertz CT molecular complexity index is 1820. The zero-order chi connectivity index (χ0) is 30.0. The van der Waals surface area contributed by atoms with Crippen LogP contribution >= 0.6 is 0 Å². The minimum Gasteiger partial charge on any atom is -0.477 e. The maximum atomic E-state index is 13.7. The highest BCUT2D eigenvalue weighted by atomic mass is 19.4. The van der Waals surface area contributed by atoms with Gasteiger partial charge in [0.2, 0.25) is 0 Å². The van der Waals surface area contributed by atoms with Crippen molar-refractivity contribution in [3.63, 3.8) is 0 Å². The van der Waals surface area contributed by atoms with E-state index in [0.717, 1.165) is 19.9 Å². The summed E-state index contributed by atoms with van der Waals surface area (Å²) < 4.78 is 83.1. The van der Waals surface area contributed by atoms with Gasteiger partial charge in [-0.15, -0.1) is 0 Å². The molecule has 1 unspecified atom stereocenters. The number of hydrogen-bond acceptors (Lipinski definition) is 4. The number of allylic oxidation sites excluding steroid dienone is 4. The number of fused-ring (bicyclic) bond motifs is 1. The summed E-state index contributed by atoms with van der Waals surface area (Å²) in [6.45, 7) is -0.719. The Balaban J connectivity index is 1.70. The van der Waals surface area contributed by atoms with Crippen molar-refractivity contribution in [2.75, 3.05) is 0 Å². The van der Waals surface area contributed by atoms with Crippen LogP contribution in [0.1, 0.15) is 42.1 Å². The molecule has 0 aliphatic heterocycles. The molecule has 1 N–H and O–H groups in total.